The second kappa shape index (κ2) is 9.25. The van der Waals surface area contributed by atoms with Crippen molar-refractivity contribution in [1.82, 2.24) is 4.90 Å². The first-order chi connectivity index (χ1) is 18.3. The Balaban J connectivity index is 1.85. The number of rotatable bonds is 4. The number of carbonyl (C=O) groups excluding carboxylic acids is 3. The van der Waals surface area contributed by atoms with E-state index in [0.29, 0.717) is 28.9 Å². The minimum absolute atomic E-state index is 0.00747. The van der Waals surface area contributed by atoms with Crippen LogP contribution >= 0.6 is 0 Å². The highest BCUT2D eigenvalue weighted by Gasteiger charge is 2.49. The van der Waals surface area contributed by atoms with Crippen LogP contribution < -0.4 is 10.0 Å². The molecule has 2 aromatic rings. The topological polar surface area (TPSA) is 142 Å². The highest BCUT2D eigenvalue weighted by atomic mass is 32.2. The minimum Gasteiger partial charge on any atom is -0.298 e. The van der Waals surface area contributed by atoms with E-state index in [9.17, 15) is 32.5 Å². The van der Waals surface area contributed by atoms with E-state index in [-0.39, 0.29) is 41.3 Å². The highest BCUT2D eigenvalue weighted by Crippen LogP contribution is 2.52. The average Bonchev–Trinajstić information content (AvgIpc) is 3.19. The molecule has 1 saturated heterocycles. The summed E-state index contributed by atoms with van der Waals surface area (Å²) in [5.74, 6) is -2.66. The van der Waals surface area contributed by atoms with Gasteiger partial charge >= 0.3 is 0 Å². The number of Topliss-reactive ketones (excluding diaryl/α,β-unsaturated/α-hetero) is 1. The second-order valence-electron chi connectivity index (χ2n) is 10.6. The first kappa shape index (κ1) is 26.5. The summed E-state index contributed by atoms with van der Waals surface area (Å²) in [4.78, 5) is 42.2. The van der Waals surface area contributed by atoms with Gasteiger partial charge < -0.3 is 0 Å². The molecule has 2 N–H and O–H groups in total. The highest BCUT2D eigenvalue weighted by molar-refractivity contribution is 7.89. The van der Waals surface area contributed by atoms with Crippen LogP contribution in [0.15, 0.2) is 76.1 Å². The van der Waals surface area contributed by atoms with Crippen LogP contribution in [0, 0.1) is 22.6 Å². The molecule has 2 heterocycles. The number of likely N-dealkylation sites (tertiary alicyclic amines) is 1. The lowest BCUT2D eigenvalue weighted by Crippen LogP contribution is -2.46. The third-order valence-electron chi connectivity index (χ3n) is 7.21. The molecule has 9 nitrogen and oxygen atoms in total. The van der Waals surface area contributed by atoms with E-state index in [1.165, 1.54) is 48.5 Å². The van der Waals surface area contributed by atoms with Gasteiger partial charge in [-0.1, -0.05) is 26.0 Å². The van der Waals surface area contributed by atoms with Crippen molar-refractivity contribution in [2.24, 2.45) is 10.6 Å². The Morgan fingerprint density at radius 1 is 0.949 bits per heavy atom. The fraction of sp³-hybridized carbons (Fsp3) is 0.286. The van der Waals surface area contributed by atoms with Crippen molar-refractivity contribution in [3.05, 3.63) is 82.6 Å². The van der Waals surface area contributed by atoms with Gasteiger partial charge in [0.15, 0.2) is 5.78 Å². The van der Waals surface area contributed by atoms with Crippen molar-refractivity contribution in [2.45, 2.75) is 50.3 Å². The van der Waals surface area contributed by atoms with Crippen LogP contribution in [0.1, 0.15) is 51.0 Å². The fourth-order valence-corrected chi connectivity index (χ4v) is 6.07. The Kier molecular flexibility index (Phi) is 6.28. The van der Waals surface area contributed by atoms with Crippen LogP contribution in [0.2, 0.25) is 0 Å². The third-order valence-corrected chi connectivity index (χ3v) is 8.14. The number of carbonyl (C=O) groups is 3. The molecule has 0 radical (unpaired) electrons. The lowest BCUT2D eigenvalue weighted by atomic mass is 9.68. The molecule has 0 spiro atoms. The Morgan fingerprint density at radius 2 is 1.54 bits per heavy atom. The van der Waals surface area contributed by atoms with Crippen LogP contribution in [0.4, 0.5) is 10.1 Å². The summed E-state index contributed by atoms with van der Waals surface area (Å²) >= 11 is 0. The van der Waals surface area contributed by atoms with Crippen LogP contribution in [-0.4, -0.2) is 30.9 Å². The maximum Gasteiger partial charge on any atom is 0.238 e. The SMILES string of the molecule is CC1(C)CC(=O)C2=C(C1)N(c1ccc(S(N)(=O)=O)cc1)C(N1C(=O)CCC1=O)=C(C#N)C2c1ccc(F)cc1. The van der Waals surface area contributed by atoms with Gasteiger partial charge in [0.05, 0.1) is 22.5 Å². The van der Waals surface area contributed by atoms with Gasteiger partial charge in [0.1, 0.15) is 11.6 Å². The molecular formula is C28H25FN4O5S. The van der Waals surface area contributed by atoms with Crippen molar-refractivity contribution in [3.63, 3.8) is 0 Å². The van der Waals surface area contributed by atoms with Crippen LogP contribution in [0.3, 0.4) is 0 Å². The molecule has 1 atom stereocenters. The summed E-state index contributed by atoms with van der Waals surface area (Å²) in [7, 11) is -4.01. The van der Waals surface area contributed by atoms with E-state index in [1.807, 2.05) is 13.8 Å². The number of primary sulfonamides is 1. The number of nitriles is 1. The molecule has 1 fully saturated rings. The molecule has 1 aliphatic carbocycles. The maximum atomic E-state index is 13.9. The zero-order chi connectivity index (χ0) is 28.3. The third kappa shape index (κ3) is 4.56. The number of nitrogens with two attached hydrogens (primary N) is 1. The van der Waals surface area contributed by atoms with E-state index in [4.69, 9.17) is 5.14 Å². The number of hydrogen-bond acceptors (Lipinski definition) is 7. The quantitative estimate of drug-likeness (QED) is 0.575. The minimum atomic E-state index is -4.01. The molecule has 2 amide bonds. The predicted octanol–water partition coefficient (Wildman–Crippen LogP) is 3.60. The van der Waals surface area contributed by atoms with Gasteiger partial charge in [-0.15, -0.1) is 0 Å². The summed E-state index contributed by atoms with van der Waals surface area (Å²) < 4.78 is 37.6. The molecule has 11 heteroatoms. The Labute approximate surface area is 225 Å². The number of amides is 2. The van der Waals surface area contributed by atoms with Crippen molar-refractivity contribution >= 4 is 33.3 Å². The molecule has 0 aromatic heterocycles. The van der Waals surface area contributed by atoms with Crippen LogP contribution in [0.25, 0.3) is 0 Å². The number of imide groups is 1. The number of allylic oxidation sites excluding steroid dienone is 3. The van der Waals surface area contributed by atoms with Gasteiger partial charge in [0.2, 0.25) is 21.8 Å². The van der Waals surface area contributed by atoms with Gasteiger partial charge in [-0.2, -0.15) is 5.26 Å². The Morgan fingerprint density at radius 3 is 2.08 bits per heavy atom. The van der Waals surface area contributed by atoms with E-state index >= 15 is 0 Å². The zero-order valence-electron chi connectivity index (χ0n) is 21.3. The van der Waals surface area contributed by atoms with E-state index < -0.39 is 39.0 Å². The Bertz CT molecular complexity index is 1620. The molecule has 3 aliphatic rings. The molecule has 2 aromatic carbocycles. The van der Waals surface area contributed by atoms with Gasteiger partial charge in [-0.3, -0.25) is 19.3 Å². The number of nitrogens with zero attached hydrogens (tertiary/aromatic N) is 3. The van der Waals surface area contributed by atoms with E-state index in [0.717, 1.165) is 4.90 Å². The average molecular weight is 549 g/mol. The molecular weight excluding hydrogens is 523 g/mol. The largest absolute Gasteiger partial charge is 0.298 e. The first-order valence-corrected chi connectivity index (χ1v) is 13.8. The van der Waals surface area contributed by atoms with E-state index in [2.05, 4.69) is 6.07 Å². The summed E-state index contributed by atoms with van der Waals surface area (Å²) in [5, 5.41) is 15.8. The second-order valence-corrected chi connectivity index (χ2v) is 12.2. The summed E-state index contributed by atoms with van der Waals surface area (Å²) in [5.41, 5.74) is 1.08. The van der Waals surface area contributed by atoms with Crippen molar-refractivity contribution < 1.29 is 27.2 Å². The number of sulfonamides is 1. The first-order valence-electron chi connectivity index (χ1n) is 12.3. The van der Waals surface area contributed by atoms with Crippen molar-refractivity contribution in [2.75, 3.05) is 4.90 Å². The van der Waals surface area contributed by atoms with Gasteiger partial charge in [-0.25, -0.2) is 22.8 Å². The van der Waals surface area contributed by atoms with Crippen LogP contribution in [-0.2, 0) is 24.4 Å². The number of benzene rings is 2. The standard InChI is InChI=1S/C28H25FN4O5S/c1-28(2)13-21-26(22(34)14-28)25(16-3-5-17(29)6-4-16)20(15-30)27(33-23(35)11-12-24(33)36)32(21)18-7-9-19(10-8-18)39(31,37)38/h3-10,25H,11-14H2,1-2H3,(H2,31,37,38). The number of ketones is 1. The normalized spacial score (nSPS) is 21.4. The lowest BCUT2D eigenvalue weighted by Gasteiger charge is -2.46. The maximum absolute atomic E-state index is 13.9. The number of halogens is 1. The smallest absolute Gasteiger partial charge is 0.238 e. The van der Waals surface area contributed by atoms with E-state index in [1.54, 1.807) is 4.90 Å². The molecule has 1 unspecified atom stereocenters. The summed E-state index contributed by atoms with van der Waals surface area (Å²) in [6.07, 6.45) is 0.450. The monoisotopic (exact) mass is 548 g/mol. The lowest BCUT2D eigenvalue weighted by molar-refractivity contribution is -0.136. The van der Waals surface area contributed by atoms with Crippen molar-refractivity contribution in [1.29, 1.82) is 5.26 Å². The molecule has 5 rings (SSSR count). The summed E-state index contributed by atoms with van der Waals surface area (Å²) in [6, 6.07) is 13.0. The Hall–Kier alpha value is -4.14. The molecule has 0 bridgehead atoms. The summed E-state index contributed by atoms with van der Waals surface area (Å²) in [6.45, 7) is 3.83. The fourth-order valence-electron chi connectivity index (χ4n) is 5.55. The molecule has 200 valence electrons. The van der Waals surface area contributed by atoms with Gasteiger partial charge in [0, 0.05) is 36.2 Å². The zero-order valence-corrected chi connectivity index (χ0v) is 22.1. The predicted molar refractivity (Wildman–Crippen MR) is 138 cm³/mol. The number of hydrogen-bond donors (Lipinski definition) is 1. The van der Waals surface area contributed by atoms with Crippen molar-refractivity contribution in [3.8, 4) is 6.07 Å². The number of anilines is 1. The van der Waals surface area contributed by atoms with Gasteiger partial charge in [-0.05, 0) is 53.8 Å². The molecule has 0 saturated carbocycles. The molecule has 39 heavy (non-hydrogen) atoms. The molecule has 2 aliphatic heterocycles. The van der Waals surface area contributed by atoms with Gasteiger partial charge in [0.25, 0.3) is 0 Å². The van der Waals surface area contributed by atoms with Crippen LogP contribution in [0.5, 0.6) is 0 Å².